The van der Waals surface area contributed by atoms with Crippen molar-refractivity contribution in [1.82, 2.24) is 19.7 Å². The Kier molecular flexibility index (Phi) is 3.24. The zero-order chi connectivity index (χ0) is 15.1. The third-order valence-electron chi connectivity index (χ3n) is 4.82. The maximum absolute atomic E-state index is 12.6. The summed E-state index contributed by atoms with van der Waals surface area (Å²) in [6, 6.07) is 0. The molecule has 4 rings (SSSR count). The van der Waals surface area contributed by atoms with Crippen molar-refractivity contribution in [1.29, 1.82) is 0 Å². The van der Waals surface area contributed by atoms with Gasteiger partial charge in [-0.05, 0) is 38.0 Å². The Hall–Kier alpha value is -2.11. The number of amides is 1. The fourth-order valence-electron chi connectivity index (χ4n) is 3.55. The van der Waals surface area contributed by atoms with Crippen LogP contribution in [0.1, 0.15) is 53.8 Å². The number of fused-ring (bicyclic) bond motifs is 2. The van der Waals surface area contributed by atoms with Gasteiger partial charge in [0.1, 0.15) is 11.6 Å². The van der Waals surface area contributed by atoms with E-state index in [1.54, 1.807) is 6.20 Å². The average Bonchev–Trinajstić information content (AvgIpc) is 3.11. The molecular formula is C16H21N5O. The number of imidazole rings is 1. The smallest absolute Gasteiger partial charge is 0.277 e. The maximum atomic E-state index is 12.6. The third-order valence-corrected chi connectivity index (χ3v) is 4.82. The second-order valence-electron chi connectivity index (χ2n) is 6.50. The lowest BCUT2D eigenvalue weighted by molar-refractivity contribution is 0.102. The van der Waals surface area contributed by atoms with Gasteiger partial charge in [-0.2, -0.15) is 5.10 Å². The number of H-pyrrole nitrogens is 1. The molecule has 0 saturated heterocycles. The van der Waals surface area contributed by atoms with Crippen LogP contribution in [0.25, 0.3) is 0 Å². The lowest BCUT2D eigenvalue weighted by Gasteiger charge is -2.18. The molecule has 6 heteroatoms. The third kappa shape index (κ3) is 2.23. The van der Waals surface area contributed by atoms with Crippen LogP contribution < -0.4 is 5.32 Å². The average molecular weight is 299 g/mol. The van der Waals surface area contributed by atoms with Crippen LogP contribution in [-0.4, -0.2) is 25.7 Å². The molecule has 0 fully saturated rings. The van der Waals surface area contributed by atoms with Crippen molar-refractivity contribution in [2.75, 3.05) is 5.32 Å². The Morgan fingerprint density at radius 1 is 1.41 bits per heavy atom. The summed E-state index contributed by atoms with van der Waals surface area (Å²) in [4.78, 5) is 17.0. The molecule has 1 aliphatic heterocycles. The minimum atomic E-state index is -0.125. The van der Waals surface area contributed by atoms with Crippen LogP contribution in [0.4, 0.5) is 5.82 Å². The van der Waals surface area contributed by atoms with E-state index in [4.69, 9.17) is 0 Å². The number of nitrogens with zero attached hydrogens (tertiary/aromatic N) is 3. The number of aryl methyl sites for hydroxylation is 2. The van der Waals surface area contributed by atoms with Crippen molar-refractivity contribution in [3.8, 4) is 0 Å². The molecule has 3 heterocycles. The molecule has 0 aromatic carbocycles. The first-order valence-corrected chi connectivity index (χ1v) is 8.14. The van der Waals surface area contributed by atoms with Crippen molar-refractivity contribution in [3.63, 3.8) is 0 Å². The summed E-state index contributed by atoms with van der Waals surface area (Å²) in [5, 5.41) is 10.3. The highest BCUT2D eigenvalue weighted by Crippen LogP contribution is 2.27. The number of carbonyl (C=O) groups is 1. The van der Waals surface area contributed by atoms with Gasteiger partial charge in [0.05, 0.1) is 6.20 Å². The summed E-state index contributed by atoms with van der Waals surface area (Å²) in [5.74, 6) is 2.35. The van der Waals surface area contributed by atoms with Gasteiger partial charge in [-0.3, -0.25) is 9.89 Å². The number of aromatic nitrogens is 4. The predicted octanol–water partition coefficient (Wildman–Crippen LogP) is 2.32. The molecule has 6 nitrogen and oxygen atoms in total. The Balaban J connectivity index is 1.58. The van der Waals surface area contributed by atoms with Crippen LogP contribution in [0.15, 0.2) is 6.20 Å². The van der Waals surface area contributed by atoms with E-state index in [9.17, 15) is 4.79 Å². The van der Waals surface area contributed by atoms with Crippen LogP contribution in [0.2, 0.25) is 0 Å². The van der Waals surface area contributed by atoms with E-state index in [2.05, 4.69) is 32.0 Å². The highest BCUT2D eigenvalue weighted by atomic mass is 16.2. The van der Waals surface area contributed by atoms with Gasteiger partial charge in [0, 0.05) is 24.2 Å². The van der Waals surface area contributed by atoms with Crippen LogP contribution in [0, 0.1) is 5.92 Å². The summed E-state index contributed by atoms with van der Waals surface area (Å²) < 4.78 is 2.11. The predicted molar refractivity (Wildman–Crippen MR) is 82.9 cm³/mol. The van der Waals surface area contributed by atoms with Crippen LogP contribution >= 0.6 is 0 Å². The SMILES string of the molecule is C[C@@H]1CCc2[nH]nc(C(=O)Nc3cnc4n3CCCC4)c2C1. The van der Waals surface area contributed by atoms with Crippen molar-refractivity contribution in [2.24, 2.45) is 5.92 Å². The fraction of sp³-hybridized carbons (Fsp3) is 0.562. The second-order valence-corrected chi connectivity index (χ2v) is 6.50. The van der Waals surface area contributed by atoms with E-state index in [1.807, 2.05) is 0 Å². The van der Waals surface area contributed by atoms with E-state index in [1.165, 1.54) is 6.42 Å². The molecule has 116 valence electrons. The van der Waals surface area contributed by atoms with Crippen molar-refractivity contribution in [2.45, 2.75) is 52.0 Å². The van der Waals surface area contributed by atoms with Crippen molar-refractivity contribution >= 4 is 11.7 Å². The summed E-state index contributed by atoms with van der Waals surface area (Å²) in [6.07, 6.45) is 8.15. The molecule has 22 heavy (non-hydrogen) atoms. The van der Waals surface area contributed by atoms with Gasteiger partial charge in [0.25, 0.3) is 5.91 Å². The van der Waals surface area contributed by atoms with E-state index < -0.39 is 0 Å². The molecule has 0 saturated carbocycles. The minimum Gasteiger partial charge on any atom is -0.315 e. The Morgan fingerprint density at radius 2 is 2.32 bits per heavy atom. The first-order valence-electron chi connectivity index (χ1n) is 8.14. The summed E-state index contributed by atoms with van der Waals surface area (Å²) in [7, 11) is 0. The molecule has 1 amide bonds. The van der Waals surface area contributed by atoms with Gasteiger partial charge in [0.2, 0.25) is 0 Å². The lowest BCUT2D eigenvalue weighted by atomic mass is 9.88. The standard InChI is InChI=1S/C16H21N5O/c1-10-5-6-12-11(8-10)15(20-19-12)16(22)18-14-9-17-13-4-2-3-7-21(13)14/h9-10H,2-8H2,1H3,(H,18,22)(H,19,20)/t10-/m1/s1. The quantitative estimate of drug-likeness (QED) is 0.893. The first kappa shape index (κ1) is 13.5. The number of aromatic amines is 1. The molecule has 2 aromatic heterocycles. The normalized spacial score (nSPS) is 20.3. The van der Waals surface area contributed by atoms with E-state index in [0.717, 1.165) is 61.5 Å². The second kappa shape index (κ2) is 5.26. The lowest BCUT2D eigenvalue weighted by Crippen LogP contribution is -2.20. The van der Waals surface area contributed by atoms with Gasteiger partial charge in [-0.1, -0.05) is 6.92 Å². The monoisotopic (exact) mass is 299 g/mol. The molecule has 2 N–H and O–H groups in total. The maximum Gasteiger partial charge on any atom is 0.277 e. The molecule has 2 aliphatic rings. The number of nitrogens with one attached hydrogen (secondary N) is 2. The van der Waals surface area contributed by atoms with Crippen LogP contribution in [-0.2, 0) is 25.8 Å². The first-order chi connectivity index (χ1) is 10.7. The van der Waals surface area contributed by atoms with Gasteiger partial charge in [-0.25, -0.2) is 4.98 Å². The molecule has 1 atom stereocenters. The molecule has 0 spiro atoms. The summed E-state index contributed by atoms with van der Waals surface area (Å²) in [6.45, 7) is 3.16. The molecular weight excluding hydrogens is 278 g/mol. The number of rotatable bonds is 2. The number of hydrogen-bond acceptors (Lipinski definition) is 3. The number of carbonyl (C=O) groups excluding carboxylic acids is 1. The van der Waals surface area contributed by atoms with Gasteiger partial charge >= 0.3 is 0 Å². The van der Waals surface area contributed by atoms with E-state index in [-0.39, 0.29) is 5.91 Å². The molecule has 0 radical (unpaired) electrons. The van der Waals surface area contributed by atoms with Gasteiger partial charge in [0.15, 0.2) is 5.69 Å². The van der Waals surface area contributed by atoms with Crippen LogP contribution in [0.3, 0.4) is 0 Å². The summed E-state index contributed by atoms with van der Waals surface area (Å²) in [5.41, 5.74) is 2.76. The molecule has 2 aromatic rings. The largest absolute Gasteiger partial charge is 0.315 e. The molecule has 0 unspecified atom stereocenters. The fourth-order valence-corrected chi connectivity index (χ4v) is 3.55. The van der Waals surface area contributed by atoms with Crippen LogP contribution in [0.5, 0.6) is 0 Å². The highest BCUT2D eigenvalue weighted by Gasteiger charge is 2.25. The van der Waals surface area contributed by atoms with E-state index in [0.29, 0.717) is 11.6 Å². The zero-order valence-corrected chi connectivity index (χ0v) is 12.9. The Labute approximate surface area is 129 Å². The Bertz CT molecular complexity index is 714. The minimum absolute atomic E-state index is 0.125. The van der Waals surface area contributed by atoms with E-state index >= 15 is 0 Å². The molecule has 1 aliphatic carbocycles. The number of anilines is 1. The van der Waals surface area contributed by atoms with Gasteiger partial charge < -0.3 is 9.88 Å². The molecule has 0 bridgehead atoms. The topological polar surface area (TPSA) is 75.6 Å². The highest BCUT2D eigenvalue weighted by molar-refractivity contribution is 6.03. The zero-order valence-electron chi connectivity index (χ0n) is 12.9. The Morgan fingerprint density at radius 3 is 3.23 bits per heavy atom. The van der Waals surface area contributed by atoms with Crippen molar-refractivity contribution < 1.29 is 4.79 Å². The van der Waals surface area contributed by atoms with Crippen molar-refractivity contribution in [3.05, 3.63) is 29.0 Å². The number of hydrogen-bond donors (Lipinski definition) is 2. The van der Waals surface area contributed by atoms with Gasteiger partial charge in [-0.15, -0.1) is 0 Å². The summed E-state index contributed by atoms with van der Waals surface area (Å²) >= 11 is 0.